The average Bonchev–Trinajstić information content (AvgIpc) is 2.94. The van der Waals surface area contributed by atoms with Gasteiger partial charge in [0, 0.05) is 41.7 Å². The zero-order chi connectivity index (χ0) is 18.9. The van der Waals surface area contributed by atoms with E-state index < -0.39 is 0 Å². The lowest BCUT2D eigenvalue weighted by atomic mass is 9.67. The third-order valence-corrected chi connectivity index (χ3v) is 7.22. The summed E-state index contributed by atoms with van der Waals surface area (Å²) in [5.41, 5.74) is 4.95. The molecule has 0 spiro atoms. The first-order valence-electron chi connectivity index (χ1n) is 9.71. The minimum absolute atomic E-state index is 0.295. The van der Waals surface area contributed by atoms with E-state index in [1.165, 1.54) is 22.2 Å². The van der Waals surface area contributed by atoms with Crippen LogP contribution in [0.25, 0.3) is 10.9 Å². The molecule has 27 heavy (non-hydrogen) atoms. The molecule has 4 heterocycles. The lowest BCUT2D eigenvalue weighted by molar-refractivity contribution is -0.107. The van der Waals surface area contributed by atoms with Gasteiger partial charge in [0.05, 0.1) is 31.0 Å². The molecule has 1 aromatic heterocycles. The molecule has 1 saturated heterocycles. The van der Waals surface area contributed by atoms with Crippen LogP contribution < -0.4 is 4.74 Å². The third kappa shape index (κ3) is 2.18. The van der Waals surface area contributed by atoms with Gasteiger partial charge in [-0.2, -0.15) is 0 Å². The van der Waals surface area contributed by atoms with Crippen molar-refractivity contribution in [3.63, 3.8) is 0 Å². The van der Waals surface area contributed by atoms with Gasteiger partial charge in [0.1, 0.15) is 12.0 Å². The van der Waals surface area contributed by atoms with Crippen LogP contribution in [0, 0.1) is 11.8 Å². The molecule has 2 aromatic rings. The predicted octanol–water partition coefficient (Wildman–Crippen LogP) is 3.22. The fraction of sp³-hybridized carbons (Fsp3) is 0.500. The zero-order valence-electron chi connectivity index (χ0n) is 16.4. The number of aryl methyl sites for hydroxylation is 1. The Hall–Kier alpha value is -2.27. The van der Waals surface area contributed by atoms with Crippen molar-refractivity contribution in [2.45, 2.75) is 31.8 Å². The van der Waals surface area contributed by atoms with Crippen molar-refractivity contribution in [1.29, 1.82) is 0 Å². The maximum Gasteiger partial charge on any atom is 0.149 e. The van der Waals surface area contributed by atoms with Gasteiger partial charge in [-0.1, -0.05) is 0 Å². The van der Waals surface area contributed by atoms with Crippen LogP contribution >= 0.6 is 0 Å². The normalized spacial score (nSPS) is 29.9. The zero-order valence-corrected chi connectivity index (χ0v) is 16.4. The van der Waals surface area contributed by atoms with Crippen LogP contribution in [-0.2, 0) is 23.0 Å². The highest BCUT2D eigenvalue weighted by Crippen LogP contribution is 2.51. The predicted molar refractivity (Wildman–Crippen MR) is 104 cm³/mol. The quantitative estimate of drug-likeness (QED) is 0.766. The number of hydrogen-bond acceptors (Lipinski definition) is 4. The van der Waals surface area contributed by atoms with Crippen LogP contribution in [0.5, 0.6) is 5.75 Å². The second-order valence-electron chi connectivity index (χ2n) is 8.21. The molecule has 5 heteroatoms. The smallest absolute Gasteiger partial charge is 0.149 e. The molecule has 1 fully saturated rings. The number of methoxy groups -OCH3 is 1. The van der Waals surface area contributed by atoms with Gasteiger partial charge in [0.15, 0.2) is 0 Å². The summed E-state index contributed by atoms with van der Waals surface area (Å²) < 4.78 is 13.7. The summed E-state index contributed by atoms with van der Waals surface area (Å²) in [6.45, 7) is 2.64. The molecule has 3 aliphatic rings. The number of carbonyl (C=O) groups excluding carboxylic acids is 1. The van der Waals surface area contributed by atoms with Crippen molar-refractivity contribution < 1.29 is 14.3 Å². The molecule has 5 nitrogen and oxygen atoms in total. The van der Waals surface area contributed by atoms with E-state index >= 15 is 0 Å². The van der Waals surface area contributed by atoms with Crippen LogP contribution in [0.15, 0.2) is 29.5 Å². The van der Waals surface area contributed by atoms with Gasteiger partial charge in [0.2, 0.25) is 0 Å². The van der Waals surface area contributed by atoms with E-state index in [4.69, 9.17) is 9.47 Å². The molecule has 3 aliphatic heterocycles. The minimum Gasteiger partial charge on any atom is -0.497 e. The first-order valence-corrected chi connectivity index (χ1v) is 9.71. The van der Waals surface area contributed by atoms with Crippen LogP contribution in [0.1, 0.15) is 30.6 Å². The van der Waals surface area contributed by atoms with Crippen molar-refractivity contribution in [2.24, 2.45) is 18.9 Å². The molecular weight excluding hydrogens is 340 g/mol. The summed E-state index contributed by atoms with van der Waals surface area (Å²) in [5, 5.41) is 1.33. The van der Waals surface area contributed by atoms with E-state index in [9.17, 15) is 4.79 Å². The summed E-state index contributed by atoms with van der Waals surface area (Å²) in [6, 6.07) is 7.11. The number of allylic oxidation sites excluding steroid dienone is 2. The molecule has 0 amide bonds. The van der Waals surface area contributed by atoms with E-state index in [1.54, 1.807) is 7.11 Å². The van der Waals surface area contributed by atoms with Crippen LogP contribution in [0.2, 0.25) is 0 Å². The Bertz CT molecular complexity index is 974. The van der Waals surface area contributed by atoms with Crippen molar-refractivity contribution in [3.8, 4) is 5.75 Å². The Kier molecular flexibility index (Phi) is 3.66. The molecular formula is C22H26N2O3. The molecule has 0 N–H and O–H groups in total. The van der Waals surface area contributed by atoms with Gasteiger partial charge in [-0.3, -0.25) is 9.69 Å². The van der Waals surface area contributed by atoms with Crippen molar-refractivity contribution in [1.82, 2.24) is 9.47 Å². The lowest BCUT2D eigenvalue weighted by Crippen LogP contribution is -2.55. The van der Waals surface area contributed by atoms with E-state index in [2.05, 4.69) is 41.8 Å². The van der Waals surface area contributed by atoms with Gasteiger partial charge < -0.3 is 14.0 Å². The molecule has 1 aromatic carbocycles. The maximum atomic E-state index is 11.8. The van der Waals surface area contributed by atoms with E-state index in [0.717, 1.165) is 36.2 Å². The van der Waals surface area contributed by atoms with E-state index in [0.29, 0.717) is 30.5 Å². The Morgan fingerprint density at radius 3 is 2.85 bits per heavy atom. The van der Waals surface area contributed by atoms with Gasteiger partial charge in [-0.15, -0.1) is 0 Å². The molecule has 0 radical (unpaired) electrons. The number of aldehydes is 1. The fourth-order valence-corrected chi connectivity index (χ4v) is 5.79. The molecule has 142 valence electrons. The van der Waals surface area contributed by atoms with Crippen molar-refractivity contribution >= 4 is 17.2 Å². The Labute approximate surface area is 159 Å². The number of benzene rings is 1. The number of ether oxygens (including phenoxy) is 2. The standard InChI is InChI=1S/C22H26N2O3/c1-12-17(10-25)15-8-21-22-16(9-20(23(21)2)18(15)11-27-12)14-6-5-13(26-4)7-19(14)24(22)3/h5-7,10,15,18,20-21H,8-9,11H2,1-4H3/t15-,18+,20+,21+/m0/s1. The first kappa shape index (κ1) is 16.9. The summed E-state index contributed by atoms with van der Waals surface area (Å²) in [7, 11) is 6.11. The van der Waals surface area contributed by atoms with Gasteiger partial charge in [0.25, 0.3) is 0 Å². The third-order valence-electron chi connectivity index (χ3n) is 7.22. The number of piperidine rings is 1. The molecule has 4 atom stereocenters. The summed E-state index contributed by atoms with van der Waals surface area (Å²) in [4.78, 5) is 14.3. The number of aromatic nitrogens is 1. The van der Waals surface area contributed by atoms with Crippen LogP contribution in [0.4, 0.5) is 0 Å². The highest BCUT2D eigenvalue weighted by molar-refractivity contribution is 5.87. The number of rotatable bonds is 2. The summed E-state index contributed by atoms with van der Waals surface area (Å²) >= 11 is 0. The second kappa shape index (κ2) is 5.86. The largest absolute Gasteiger partial charge is 0.497 e. The number of fused-ring (bicyclic) bond motifs is 8. The van der Waals surface area contributed by atoms with Gasteiger partial charge in [-0.25, -0.2) is 0 Å². The summed E-state index contributed by atoms with van der Waals surface area (Å²) in [5.74, 6) is 2.37. The SMILES string of the molecule is COc1ccc2c3c(n(C)c2c1)[C@H]1C[C@H]2C(C=O)=C(C)OC[C@H]2[C@@H](C3)N1C. The maximum absolute atomic E-state index is 11.8. The lowest BCUT2D eigenvalue weighted by Gasteiger charge is -2.53. The number of carbonyl (C=O) groups is 1. The highest BCUT2D eigenvalue weighted by atomic mass is 16.5. The topological polar surface area (TPSA) is 43.7 Å². The van der Waals surface area contributed by atoms with Gasteiger partial charge in [-0.05, 0) is 50.4 Å². The molecule has 0 aliphatic carbocycles. The number of hydrogen-bond donors (Lipinski definition) is 0. The molecule has 0 saturated carbocycles. The van der Waals surface area contributed by atoms with Crippen LogP contribution in [0.3, 0.4) is 0 Å². The van der Waals surface area contributed by atoms with Crippen LogP contribution in [-0.4, -0.2) is 42.6 Å². The Balaban J connectivity index is 1.68. The molecule has 0 unspecified atom stereocenters. The molecule has 5 rings (SSSR count). The monoisotopic (exact) mass is 366 g/mol. The first-order chi connectivity index (χ1) is 13.0. The Morgan fingerprint density at radius 1 is 1.30 bits per heavy atom. The number of likely N-dealkylation sites (N-methyl/N-ethyl adjacent to an activating group) is 1. The minimum atomic E-state index is 0.295. The molecule has 2 bridgehead atoms. The number of nitrogens with zero attached hydrogens (tertiary/aromatic N) is 2. The second-order valence-corrected chi connectivity index (χ2v) is 8.21. The summed E-state index contributed by atoms with van der Waals surface area (Å²) in [6.07, 6.45) is 3.00. The average molecular weight is 366 g/mol. The van der Waals surface area contributed by atoms with Crippen molar-refractivity contribution in [3.05, 3.63) is 40.8 Å². The highest BCUT2D eigenvalue weighted by Gasteiger charge is 2.50. The fourth-order valence-electron chi connectivity index (χ4n) is 5.79. The van der Waals surface area contributed by atoms with E-state index in [-0.39, 0.29) is 0 Å². The van der Waals surface area contributed by atoms with Crippen molar-refractivity contribution in [2.75, 3.05) is 20.8 Å². The van der Waals surface area contributed by atoms with Gasteiger partial charge >= 0.3 is 0 Å². The van der Waals surface area contributed by atoms with E-state index in [1.807, 2.05) is 6.92 Å². The Morgan fingerprint density at radius 2 is 2.11 bits per heavy atom.